The van der Waals surface area contributed by atoms with Crippen LogP contribution in [0.3, 0.4) is 0 Å². The van der Waals surface area contributed by atoms with Gasteiger partial charge in [0.25, 0.3) is 11.6 Å². The summed E-state index contributed by atoms with van der Waals surface area (Å²) in [5, 5.41) is 10.6. The highest BCUT2D eigenvalue weighted by Gasteiger charge is 2.33. The molecule has 0 radical (unpaired) electrons. The molecule has 0 saturated carbocycles. The van der Waals surface area contributed by atoms with Crippen LogP contribution in [0, 0.1) is 10.1 Å². The largest absolute Gasteiger partial charge is 0.496 e. The molecule has 0 aromatic heterocycles. The molecule has 0 bridgehead atoms. The number of hydrogen-bond acceptors (Lipinski definition) is 5. The van der Waals surface area contributed by atoms with Crippen molar-refractivity contribution in [3.05, 3.63) is 69.8 Å². The number of para-hydroxylation sites is 1. The Morgan fingerprint density at radius 3 is 2.62 bits per heavy atom. The van der Waals surface area contributed by atoms with E-state index >= 15 is 0 Å². The van der Waals surface area contributed by atoms with E-state index in [0.717, 1.165) is 17.1 Å². The SMILES string of the molecule is COc1ccccc1[C@@H]1SCCN1C(=O)c1ccc([N+](=O)[O-])cc1. The average molecular weight is 344 g/mol. The van der Waals surface area contributed by atoms with Gasteiger partial charge in [-0.15, -0.1) is 11.8 Å². The van der Waals surface area contributed by atoms with Gasteiger partial charge < -0.3 is 9.64 Å². The molecule has 7 heteroatoms. The molecule has 24 heavy (non-hydrogen) atoms. The lowest BCUT2D eigenvalue weighted by atomic mass is 10.1. The van der Waals surface area contributed by atoms with Crippen LogP contribution in [0.2, 0.25) is 0 Å². The number of benzene rings is 2. The molecule has 1 amide bonds. The van der Waals surface area contributed by atoms with E-state index in [4.69, 9.17) is 4.74 Å². The average Bonchev–Trinajstić information content (AvgIpc) is 3.10. The molecule has 1 aliphatic rings. The number of thioether (sulfide) groups is 1. The Bertz CT molecular complexity index is 763. The Labute approximate surface area is 143 Å². The number of carbonyl (C=O) groups is 1. The molecule has 0 aliphatic carbocycles. The van der Waals surface area contributed by atoms with Gasteiger partial charge in [0, 0.05) is 35.6 Å². The number of amides is 1. The molecule has 1 saturated heterocycles. The van der Waals surface area contributed by atoms with E-state index in [9.17, 15) is 14.9 Å². The quantitative estimate of drug-likeness (QED) is 0.627. The van der Waals surface area contributed by atoms with E-state index in [2.05, 4.69) is 0 Å². The Kier molecular flexibility index (Phi) is 4.71. The summed E-state index contributed by atoms with van der Waals surface area (Å²) >= 11 is 1.68. The van der Waals surface area contributed by atoms with E-state index in [0.29, 0.717) is 12.1 Å². The lowest BCUT2D eigenvalue weighted by Crippen LogP contribution is -2.30. The summed E-state index contributed by atoms with van der Waals surface area (Å²) in [6.07, 6.45) is 0. The van der Waals surface area contributed by atoms with Gasteiger partial charge in [0.1, 0.15) is 11.1 Å². The molecular weight excluding hydrogens is 328 g/mol. The standard InChI is InChI=1S/C17H16N2O4S/c1-23-15-5-3-2-4-14(15)17-18(10-11-24-17)16(20)12-6-8-13(9-7-12)19(21)22/h2-9,17H,10-11H2,1H3/t17-/m0/s1. The summed E-state index contributed by atoms with van der Waals surface area (Å²) in [4.78, 5) is 24.9. The molecule has 1 fully saturated rings. The van der Waals surface area contributed by atoms with Crippen LogP contribution in [0.25, 0.3) is 0 Å². The van der Waals surface area contributed by atoms with Crippen LogP contribution < -0.4 is 4.74 Å². The number of nitro benzene ring substituents is 1. The van der Waals surface area contributed by atoms with Crippen molar-refractivity contribution < 1.29 is 14.5 Å². The molecular formula is C17H16N2O4S. The zero-order valence-corrected chi connectivity index (χ0v) is 13.9. The molecule has 124 valence electrons. The number of non-ortho nitro benzene ring substituents is 1. The highest BCUT2D eigenvalue weighted by atomic mass is 32.2. The molecule has 1 heterocycles. The first kappa shape index (κ1) is 16.3. The summed E-state index contributed by atoms with van der Waals surface area (Å²) in [5.74, 6) is 1.45. The van der Waals surface area contributed by atoms with Crippen LogP contribution >= 0.6 is 11.8 Å². The lowest BCUT2D eigenvalue weighted by Gasteiger charge is -2.25. The van der Waals surface area contributed by atoms with E-state index in [1.165, 1.54) is 24.3 Å². The number of methoxy groups -OCH3 is 1. The van der Waals surface area contributed by atoms with Gasteiger partial charge in [-0.3, -0.25) is 14.9 Å². The van der Waals surface area contributed by atoms with Gasteiger partial charge in [-0.05, 0) is 18.2 Å². The monoisotopic (exact) mass is 344 g/mol. The van der Waals surface area contributed by atoms with E-state index in [-0.39, 0.29) is 17.0 Å². The zero-order chi connectivity index (χ0) is 17.1. The second kappa shape index (κ2) is 6.92. The minimum atomic E-state index is -0.475. The summed E-state index contributed by atoms with van der Waals surface area (Å²) in [6.45, 7) is 0.628. The first-order valence-corrected chi connectivity index (χ1v) is 8.46. The molecule has 0 spiro atoms. The van der Waals surface area contributed by atoms with Crippen molar-refractivity contribution in [1.29, 1.82) is 0 Å². The Morgan fingerprint density at radius 1 is 1.25 bits per heavy atom. The third kappa shape index (κ3) is 3.07. The van der Waals surface area contributed by atoms with Crippen molar-refractivity contribution in [2.24, 2.45) is 0 Å². The Morgan fingerprint density at radius 2 is 1.96 bits per heavy atom. The van der Waals surface area contributed by atoms with Crippen LogP contribution in [-0.2, 0) is 0 Å². The number of nitrogens with zero attached hydrogens (tertiary/aromatic N) is 2. The third-order valence-electron chi connectivity index (χ3n) is 3.88. The van der Waals surface area contributed by atoms with Gasteiger partial charge in [-0.25, -0.2) is 0 Å². The Hall–Kier alpha value is -2.54. The summed E-state index contributed by atoms with van der Waals surface area (Å²) in [5.41, 5.74) is 1.38. The second-order valence-electron chi connectivity index (χ2n) is 5.27. The number of carbonyl (C=O) groups excluding carboxylic acids is 1. The molecule has 2 aromatic carbocycles. The van der Waals surface area contributed by atoms with E-state index in [1.54, 1.807) is 23.8 Å². The van der Waals surface area contributed by atoms with Gasteiger partial charge in [0.2, 0.25) is 0 Å². The lowest BCUT2D eigenvalue weighted by molar-refractivity contribution is -0.384. The predicted octanol–water partition coefficient (Wildman–Crippen LogP) is 3.49. The van der Waals surface area contributed by atoms with Crippen LogP contribution in [0.1, 0.15) is 21.3 Å². The number of rotatable bonds is 4. The first-order chi connectivity index (χ1) is 11.6. The van der Waals surface area contributed by atoms with Crippen molar-refractivity contribution in [2.75, 3.05) is 19.4 Å². The normalized spacial score (nSPS) is 16.9. The molecule has 2 aromatic rings. The molecule has 0 N–H and O–H groups in total. The van der Waals surface area contributed by atoms with Crippen LogP contribution in [-0.4, -0.2) is 35.1 Å². The van der Waals surface area contributed by atoms with Crippen LogP contribution in [0.4, 0.5) is 5.69 Å². The van der Waals surface area contributed by atoms with Crippen LogP contribution in [0.15, 0.2) is 48.5 Å². The summed E-state index contributed by atoms with van der Waals surface area (Å²) in [6, 6.07) is 13.4. The van der Waals surface area contributed by atoms with Gasteiger partial charge >= 0.3 is 0 Å². The number of nitro groups is 1. The maximum absolute atomic E-state index is 12.8. The smallest absolute Gasteiger partial charge is 0.269 e. The fourth-order valence-electron chi connectivity index (χ4n) is 2.70. The topological polar surface area (TPSA) is 72.7 Å². The molecule has 1 aliphatic heterocycles. The van der Waals surface area contributed by atoms with Gasteiger partial charge in [-0.2, -0.15) is 0 Å². The van der Waals surface area contributed by atoms with Crippen molar-refractivity contribution >= 4 is 23.4 Å². The summed E-state index contributed by atoms with van der Waals surface area (Å²) in [7, 11) is 1.61. The Balaban J connectivity index is 1.87. The maximum Gasteiger partial charge on any atom is 0.269 e. The highest BCUT2D eigenvalue weighted by molar-refractivity contribution is 7.99. The summed E-state index contributed by atoms with van der Waals surface area (Å²) < 4.78 is 5.41. The number of ether oxygens (including phenoxy) is 1. The van der Waals surface area contributed by atoms with Gasteiger partial charge in [0.05, 0.1) is 12.0 Å². The molecule has 1 atom stereocenters. The fourth-order valence-corrected chi connectivity index (χ4v) is 3.98. The highest BCUT2D eigenvalue weighted by Crippen LogP contribution is 2.42. The molecule has 6 nitrogen and oxygen atoms in total. The molecule has 0 unspecified atom stereocenters. The van der Waals surface area contributed by atoms with Crippen molar-refractivity contribution in [3.63, 3.8) is 0 Å². The zero-order valence-electron chi connectivity index (χ0n) is 13.0. The second-order valence-corrected chi connectivity index (χ2v) is 6.46. The van der Waals surface area contributed by atoms with E-state index < -0.39 is 4.92 Å². The maximum atomic E-state index is 12.8. The minimum absolute atomic E-state index is 0.0244. The van der Waals surface area contributed by atoms with E-state index in [1.807, 2.05) is 24.3 Å². The molecule has 3 rings (SSSR count). The third-order valence-corrected chi connectivity index (χ3v) is 5.12. The minimum Gasteiger partial charge on any atom is -0.496 e. The predicted molar refractivity (Wildman–Crippen MR) is 92.3 cm³/mol. The van der Waals surface area contributed by atoms with Crippen LogP contribution in [0.5, 0.6) is 5.75 Å². The van der Waals surface area contributed by atoms with Gasteiger partial charge in [0.15, 0.2) is 0 Å². The first-order valence-electron chi connectivity index (χ1n) is 7.42. The fraction of sp³-hybridized carbons (Fsp3) is 0.235. The van der Waals surface area contributed by atoms with Gasteiger partial charge in [-0.1, -0.05) is 18.2 Å². The van der Waals surface area contributed by atoms with Crippen molar-refractivity contribution in [1.82, 2.24) is 4.90 Å². The number of hydrogen-bond donors (Lipinski definition) is 0. The van der Waals surface area contributed by atoms with Crippen molar-refractivity contribution in [3.8, 4) is 5.75 Å². The van der Waals surface area contributed by atoms with Crippen molar-refractivity contribution in [2.45, 2.75) is 5.37 Å².